The first-order valence-electron chi connectivity index (χ1n) is 10.1. The molecule has 0 aliphatic carbocycles. The Morgan fingerprint density at radius 1 is 1.27 bits per heavy atom. The van der Waals surface area contributed by atoms with Crippen LogP contribution in [0.3, 0.4) is 0 Å². The van der Waals surface area contributed by atoms with E-state index < -0.39 is 0 Å². The molecule has 0 radical (unpaired) electrons. The first kappa shape index (κ1) is 22.0. The third-order valence-electron chi connectivity index (χ3n) is 5.19. The molecule has 1 atom stereocenters. The lowest BCUT2D eigenvalue weighted by Gasteiger charge is -2.25. The molecule has 0 saturated heterocycles. The molecule has 30 heavy (non-hydrogen) atoms. The third kappa shape index (κ3) is 4.87. The van der Waals surface area contributed by atoms with Crippen LogP contribution in [0, 0.1) is 5.92 Å². The molecule has 0 spiro atoms. The van der Waals surface area contributed by atoms with Crippen LogP contribution in [-0.4, -0.2) is 43.0 Å². The largest absolute Gasteiger partial charge is 0.494 e. The maximum atomic E-state index is 12.9. The van der Waals surface area contributed by atoms with Crippen LogP contribution in [0.2, 0.25) is 5.02 Å². The molecule has 1 aliphatic rings. The van der Waals surface area contributed by atoms with E-state index in [0.29, 0.717) is 29.3 Å². The smallest absolute Gasteiger partial charge is 0.253 e. The predicted molar refractivity (Wildman–Crippen MR) is 118 cm³/mol. The van der Waals surface area contributed by atoms with E-state index in [9.17, 15) is 9.59 Å². The topological polar surface area (TPSA) is 67.9 Å². The minimum atomic E-state index is -0.372. The summed E-state index contributed by atoms with van der Waals surface area (Å²) in [4.78, 5) is 27.1. The highest BCUT2D eigenvalue weighted by Crippen LogP contribution is 2.32. The van der Waals surface area contributed by atoms with Crippen LogP contribution < -0.4 is 14.8 Å². The summed E-state index contributed by atoms with van der Waals surface area (Å²) in [6.07, 6.45) is 0.536. The van der Waals surface area contributed by atoms with E-state index in [1.54, 1.807) is 30.1 Å². The van der Waals surface area contributed by atoms with Crippen molar-refractivity contribution in [1.29, 1.82) is 0 Å². The second-order valence-corrected chi connectivity index (χ2v) is 8.02. The van der Waals surface area contributed by atoms with Gasteiger partial charge in [-0.2, -0.15) is 0 Å². The lowest BCUT2D eigenvalue weighted by atomic mass is 9.95. The van der Waals surface area contributed by atoms with Gasteiger partial charge in [0, 0.05) is 18.7 Å². The van der Waals surface area contributed by atoms with E-state index in [1.165, 1.54) is 0 Å². The van der Waals surface area contributed by atoms with Crippen LogP contribution in [0.1, 0.15) is 36.7 Å². The summed E-state index contributed by atoms with van der Waals surface area (Å²) in [6, 6.07) is 10.6. The molecule has 0 aromatic heterocycles. The number of ether oxygens (including phenoxy) is 2. The lowest BCUT2D eigenvalue weighted by Crippen LogP contribution is -2.34. The maximum absolute atomic E-state index is 12.9. The highest BCUT2D eigenvalue weighted by molar-refractivity contribution is 6.34. The van der Waals surface area contributed by atoms with Gasteiger partial charge in [0.1, 0.15) is 18.1 Å². The minimum absolute atomic E-state index is 0.0623. The van der Waals surface area contributed by atoms with Crippen molar-refractivity contribution in [2.45, 2.75) is 33.2 Å². The van der Waals surface area contributed by atoms with Gasteiger partial charge in [0.05, 0.1) is 23.2 Å². The number of hydrogen-bond acceptors (Lipinski definition) is 4. The molecule has 2 aromatic carbocycles. The third-order valence-corrected chi connectivity index (χ3v) is 5.52. The molecular weight excluding hydrogens is 404 g/mol. The fraction of sp³-hybridized carbons (Fsp3) is 0.391. The van der Waals surface area contributed by atoms with Gasteiger partial charge in [-0.15, -0.1) is 0 Å². The number of anilines is 1. The zero-order valence-corrected chi connectivity index (χ0v) is 18.5. The second-order valence-electron chi connectivity index (χ2n) is 7.61. The maximum Gasteiger partial charge on any atom is 0.253 e. The Morgan fingerprint density at radius 3 is 2.73 bits per heavy atom. The normalized spacial score (nSPS) is 15.2. The standard InChI is InChI=1S/C23H27ClN2O4/c1-5-29-18-7-9-21-16(11-18)10-17(13-30-21)22(27)25-20-12-15(6-8-19(20)24)23(28)26(4)14(2)3/h6-9,11-12,14,17H,5,10,13H2,1-4H3,(H,25,27). The van der Waals surface area contributed by atoms with Gasteiger partial charge in [0.25, 0.3) is 5.91 Å². The summed E-state index contributed by atoms with van der Waals surface area (Å²) in [7, 11) is 1.74. The zero-order valence-electron chi connectivity index (χ0n) is 17.7. The van der Waals surface area contributed by atoms with E-state index >= 15 is 0 Å². The number of carbonyl (C=O) groups excluding carboxylic acids is 2. The molecule has 0 saturated carbocycles. The molecule has 1 unspecified atom stereocenters. The first-order valence-corrected chi connectivity index (χ1v) is 10.4. The molecule has 0 bridgehead atoms. The van der Waals surface area contributed by atoms with Crippen molar-refractivity contribution >= 4 is 29.1 Å². The Balaban J connectivity index is 1.74. The van der Waals surface area contributed by atoms with Crippen molar-refractivity contribution in [3.05, 3.63) is 52.5 Å². The number of hydrogen-bond donors (Lipinski definition) is 1. The molecule has 160 valence electrons. The quantitative estimate of drug-likeness (QED) is 0.737. The van der Waals surface area contributed by atoms with Crippen LogP contribution in [0.4, 0.5) is 5.69 Å². The Hall–Kier alpha value is -2.73. The summed E-state index contributed by atoms with van der Waals surface area (Å²) < 4.78 is 11.3. The average Bonchev–Trinajstić information content (AvgIpc) is 2.73. The molecular formula is C23H27ClN2O4. The number of benzene rings is 2. The van der Waals surface area contributed by atoms with Crippen molar-refractivity contribution < 1.29 is 19.1 Å². The van der Waals surface area contributed by atoms with Crippen molar-refractivity contribution in [2.75, 3.05) is 25.6 Å². The number of halogens is 1. The number of amides is 2. The predicted octanol–water partition coefficient (Wildman–Crippen LogP) is 4.41. The van der Waals surface area contributed by atoms with Gasteiger partial charge in [-0.3, -0.25) is 9.59 Å². The van der Waals surface area contributed by atoms with E-state index in [-0.39, 0.29) is 30.4 Å². The van der Waals surface area contributed by atoms with Crippen LogP contribution in [0.5, 0.6) is 11.5 Å². The first-order chi connectivity index (χ1) is 14.3. The SMILES string of the molecule is CCOc1ccc2c(c1)CC(C(=O)Nc1cc(C(=O)N(C)C(C)C)ccc1Cl)CO2. The zero-order chi connectivity index (χ0) is 21.8. The van der Waals surface area contributed by atoms with Gasteiger partial charge in [0.2, 0.25) is 5.91 Å². The Labute approximate surface area is 182 Å². The summed E-state index contributed by atoms with van der Waals surface area (Å²) in [5.41, 5.74) is 1.82. The van der Waals surface area contributed by atoms with Crippen molar-refractivity contribution in [2.24, 2.45) is 5.92 Å². The van der Waals surface area contributed by atoms with E-state index in [0.717, 1.165) is 17.1 Å². The van der Waals surface area contributed by atoms with Crippen LogP contribution in [0.25, 0.3) is 0 Å². The summed E-state index contributed by atoms with van der Waals surface area (Å²) >= 11 is 6.28. The van der Waals surface area contributed by atoms with Gasteiger partial charge >= 0.3 is 0 Å². The second kappa shape index (κ2) is 9.39. The molecule has 7 heteroatoms. The fourth-order valence-corrected chi connectivity index (χ4v) is 3.39. The van der Waals surface area contributed by atoms with Gasteiger partial charge in [-0.25, -0.2) is 0 Å². The van der Waals surface area contributed by atoms with Crippen LogP contribution in [-0.2, 0) is 11.2 Å². The highest BCUT2D eigenvalue weighted by atomic mass is 35.5. The molecule has 2 aromatic rings. The van der Waals surface area contributed by atoms with Gasteiger partial charge in [-0.05, 0) is 69.2 Å². The molecule has 2 amide bonds. The molecule has 1 heterocycles. The Bertz CT molecular complexity index is 945. The van der Waals surface area contributed by atoms with E-state index in [2.05, 4.69) is 5.32 Å². The summed E-state index contributed by atoms with van der Waals surface area (Å²) in [5.74, 6) is 0.819. The minimum Gasteiger partial charge on any atom is -0.494 e. The number of rotatable bonds is 6. The Kier molecular flexibility index (Phi) is 6.87. The lowest BCUT2D eigenvalue weighted by molar-refractivity contribution is -0.121. The monoisotopic (exact) mass is 430 g/mol. The molecule has 0 fully saturated rings. The van der Waals surface area contributed by atoms with Crippen molar-refractivity contribution in [3.8, 4) is 11.5 Å². The molecule has 1 aliphatic heterocycles. The van der Waals surface area contributed by atoms with Crippen molar-refractivity contribution in [1.82, 2.24) is 4.90 Å². The van der Waals surface area contributed by atoms with Crippen LogP contribution in [0.15, 0.2) is 36.4 Å². The van der Waals surface area contributed by atoms with Gasteiger partial charge in [0.15, 0.2) is 0 Å². The van der Waals surface area contributed by atoms with Gasteiger partial charge in [-0.1, -0.05) is 11.6 Å². The molecule has 6 nitrogen and oxygen atoms in total. The van der Waals surface area contributed by atoms with E-state index in [4.69, 9.17) is 21.1 Å². The average molecular weight is 431 g/mol. The summed E-state index contributed by atoms with van der Waals surface area (Å²) in [6.45, 7) is 6.65. The van der Waals surface area contributed by atoms with E-state index in [1.807, 2.05) is 39.0 Å². The Morgan fingerprint density at radius 2 is 2.03 bits per heavy atom. The van der Waals surface area contributed by atoms with Crippen LogP contribution >= 0.6 is 11.6 Å². The number of nitrogens with zero attached hydrogens (tertiary/aromatic N) is 1. The fourth-order valence-electron chi connectivity index (χ4n) is 3.22. The van der Waals surface area contributed by atoms with Gasteiger partial charge < -0.3 is 19.7 Å². The highest BCUT2D eigenvalue weighted by Gasteiger charge is 2.27. The molecule has 3 rings (SSSR count). The number of carbonyl (C=O) groups is 2. The molecule has 1 N–H and O–H groups in total. The summed E-state index contributed by atoms with van der Waals surface area (Å²) in [5, 5.41) is 3.24. The van der Waals surface area contributed by atoms with Crippen molar-refractivity contribution in [3.63, 3.8) is 0 Å². The number of fused-ring (bicyclic) bond motifs is 1. The number of nitrogens with one attached hydrogen (secondary N) is 1.